The zero-order valence-corrected chi connectivity index (χ0v) is 20.8. The monoisotopic (exact) mass is 503 g/mol. The van der Waals surface area contributed by atoms with Gasteiger partial charge in [-0.3, -0.25) is 13.9 Å². The van der Waals surface area contributed by atoms with Crippen LogP contribution in [0.25, 0.3) is 16.6 Å². The minimum atomic E-state index is -3.95. The fourth-order valence-electron chi connectivity index (χ4n) is 4.83. The summed E-state index contributed by atoms with van der Waals surface area (Å²) >= 11 is 0. The fraction of sp³-hybridized carbons (Fsp3) is 0.222. The predicted octanol–water partition coefficient (Wildman–Crippen LogP) is 3.26. The molecule has 8 nitrogen and oxygen atoms in total. The van der Waals surface area contributed by atoms with Crippen molar-refractivity contribution in [3.63, 3.8) is 0 Å². The van der Waals surface area contributed by atoms with E-state index in [0.717, 1.165) is 16.6 Å². The normalized spacial score (nSPS) is 13.6. The maximum Gasteiger partial charge on any atom is 0.333 e. The Morgan fingerprint density at radius 1 is 1.00 bits per heavy atom. The van der Waals surface area contributed by atoms with E-state index in [2.05, 4.69) is 4.98 Å². The SMILES string of the molecule is CC(=O)Cc1cccc2[nH]c(=O)n(-c3cc(S(=O)(=O)N4CCCc5ccccc54)ccc3C)c(=O)c12. The summed E-state index contributed by atoms with van der Waals surface area (Å²) in [6.07, 6.45) is 1.53. The van der Waals surface area contributed by atoms with Crippen molar-refractivity contribution < 1.29 is 13.2 Å². The van der Waals surface area contributed by atoms with Crippen LogP contribution in [0.15, 0.2) is 75.1 Å². The first-order chi connectivity index (χ1) is 17.2. The van der Waals surface area contributed by atoms with E-state index in [4.69, 9.17) is 0 Å². The van der Waals surface area contributed by atoms with Crippen LogP contribution in [0.1, 0.15) is 30.0 Å². The van der Waals surface area contributed by atoms with Gasteiger partial charge in [0, 0.05) is 13.0 Å². The molecule has 184 valence electrons. The summed E-state index contributed by atoms with van der Waals surface area (Å²) in [6, 6.07) is 16.8. The van der Waals surface area contributed by atoms with E-state index in [-0.39, 0.29) is 28.2 Å². The second kappa shape index (κ2) is 8.91. The Morgan fingerprint density at radius 3 is 2.56 bits per heavy atom. The van der Waals surface area contributed by atoms with E-state index in [1.54, 1.807) is 43.3 Å². The van der Waals surface area contributed by atoms with Crippen molar-refractivity contribution in [1.82, 2.24) is 9.55 Å². The Morgan fingerprint density at radius 2 is 1.78 bits per heavy atom. The molecule has 0 unspecified atom stereocenters. The number of aromatic amines is 1. The van der Waals surface area contributed by atoms with Crippen LogP contribution in [-0.2, 0) is 27.7 Å². The third-order valence-corrected chi connectivity index (χ3v) is 8.34. The van der Waals surface area contributed by atoms with Gasteiger partial charge >= 0.3 is 5.69 Å². The van der Waals surface area contributed by atoms with Crippen LogP contribution in [0.4, 0.5) is 5.69 Å². The van der Waals surface area contributed by atoms with Gasteiger partial charge in [-0.1, -0.05) is 36.4 Å². The molecular weight excluding hydrogens is 478 g/mol. The lowest BCUT2D eigenvalue weighted by atomic mass is 10.0. The molecule has 1 aliphatic heterocycles. The number of sulfonamides is 1. The van der Waals surface area contributed by atoms with Gasteiger partial charge in [0.25, 0.3) is 15.6 Å². The molecule has 0 spiro atoms. The molecule has 2 heterocycles. The highest BCUT2D eigenvalue weighted by Gasteiger charge is 2.29. The molecule has 3 aromatic carbocycles. The minimum Gasteiger partial charge on any atom is -0.306 e. The van der Waals surface area contributed by atoms with Gasteiger partial charge in [0.1, 0.15) is 5.78 Å². The number of nitrogens with zero attached hydrogens (tertiary/aromatic N) is 2. The number of H-pyrrole nitrogens is 1. The van der Waals surface area contributed by atoms with Crippen molar-refractivity contribution in [1.29, 1.82) is 0 Å². The lowest BCUT2D eigenvalue weighted by Gasteiger charge is -2.30. The number of para-hydroxylation sites is 1. The van der Waals surface area contributed by atoms with Gasteiger partial charge in [-0.15, -0.1) is 0 Å². The number of rotatable bonds is 5. The standard InChI is InChI=1S/C27H25N3O5S/c1-17-12-13-21(36(34,35)29-14-6-9-19-7-3-4-11-23(19)29)16-24(17)30-26(32)25-20(15-18(2)31)8-5-10-22(25)28-27(30)33/h3-5,7-8,10-13,16H,6,9,14-15H2,1-2H3,(H,28,33). The number of aromatic nitrogens is 2. The molecule has 9 heteroatoms. The number of carbonyl (C=O) groups excluding carboxylic acids is 1. The van der Waals surface area contributed by atoms with Crippen molar-refractivity contribution in [2.24, 2.45) is 0 Å². The molecule has 1 aliphatic rings. The van der Waals surface area contributed by atoms with Crippen LogP contribution < -0.4 is 15.6 Å². The zero-order valence-electron chi connectivity index (χ0n) is 19.9. The number of hydrogen-bond donors (Lipinski definition) is 1. The molecule has 5 rings (SSSR count). The summed E-state index contributed by atoms with van der Waals surface area (Å²) in [4.78, 5) is 41.1. The van der Waals surface area contributed by atoms with Gasteiger partial charge < -0.3 is 4.98 Å². The molecule has 0 fully saturated rings. The molecule has 0 radical (unpaired) electrons. The number of benzene rings is 3. The summed E-state index contributed by atoms with van der Waals surface area (Å²) in [5.41, 5.74) is 1.86. The molecule has 0 atom stereocenters. The van der Waals surface area contributed by atoms with Gasteiger partial charge in [0.2, 0.25) is 0 Å². The van der Waals surface area contributed by atoms with Crippen LogP contribution in [0.3, 0.4) is 0 Å². The lowest BCUT2D eigenvalue weighted by molar-refractivity contribution is -0.116. The second-order valence-corrected chi connectivity index (χ2v) is 10.9. The summed E-state index contributed by atoms with van der Waals surface area (Å²) in [5, 5.41) is 0.227. The number of Topliss-reactive ketones (excluding diaryl/α,β-unsaturated/α-hetero) is 1. The van der Waals surface area contributed by atoms with E-state index in [1.807, 2.05) is 12.1 Å². The first-order valence-electron chi connectivity index (χ1n) is 11.7. The maximum atomic E-state index is 13.7. The van der Waals surface area contributed by atoms with Crippen molar-refractivity contribution >= 4 is 32.4 Å². The molecule has 1 aromatic heterocycles. The fourth-order valence-corrected chi connectivity index (χ4v) is 6.39. The molecule has 0 amide bonds. The summed E-state index contributed by atoms with van der Waals surface area (Å²) in [5.74, 6) is -0.120. The number of ketones is 1. The molecule has 0 saturated heterocycles. The van der Waals surface area contributed by atoms with E-state index in [0.29, 0.717) is 35.3 Å². The quantitative estimate of drug-likeness (QED) is 0.450. The molecule has 36 heavy (non-hydrogen) atoms. The topological polar surface area (TPSA) is 109 Å². The number of fused-ring (bicyclic) bond motifs is 2. The van der Waals surface area contributed by atoms with Crippen LogP contribution in [0, 0.1) is 6.92 Å². The Hall–Kier alpha value is -3.98. The maximum absolute atomic E-state index is 13.7. The van der Waals surface area contributed by atoms with Gasteiger partial charge in [-0.05, 0) is 67.6 Å². The van der Waals surface area contributed by atoms with Crippen molar-refractivity contribution in [2.45, 2.75) is 38.0 Å². The van der Waals surface area contributed by atoms with Crippen molar-refractivity contribution in [2.75, 3.05) is 10.8 Å². The summed E-state index contributed by atoms with van der Waals surface area (Å²) < 4.78 is 29.8. The highest BCUT2D eigenvalue weighted by Crippen LogP contribution is 2.32. The predicted molar refractivity (Wildman–Crippen MR) is 139 cm³/mol. The Balaban J connectivity index is 1.70. The van der Waals surface area contributed by atoms with Crippen molar-refractivity contribution in [3.8, 4) is 5.69 Å². The van der Waals surface area contributed by atoms with E-state index in [9.17, 15) is 22.8 Å². The Labute approximate surface area is 207 Å². The highest BCUT2D eigenvalue weighted by atomic mass is 32.2. The summed E-state index contributed by atoms with van der Waals surface area (Å²) in [7, 11) is -3.95. The molecule has 0 aliphatic carbocycles. The van der Waals surface area contributed by atoms with Crippen LogP contribution in [0.2, 0.25) is 0 Å². The van der Waals surface area contributed by atoms with Gasteiger partial charge in [-0.25, -0.2) is 17.8 Å². The first-order valence-corrected chi connectivity index (χ1v) is 13.1. The Kier molecular flexibility index (Phi) is 5.88. The molecule has 1 N–H and O–H groups in total. The van der Waals surface area contributed by atoms with E-state index >= 15 is 0 Å². The van der Waals surface area contributed by atoms with Gasteiger partial charge in [-0.2, -0.15) is 0 Å². The highest BCUT2D eigenvalue weighted by molar-refractivity contribution is 7.92. The zero-order chi connectivity index (χ0) is 25.6. The van der Waals surface area contributed by atoms with Gasteiger partial charge in [0.05, 0.1) is 27.2 Å². The number of anilines is 1. The van der Waals surface area contributed by atoms with Crippen LogP contribution in [0.5, 0.6) is 0 Å². The van der Waals surface area contributed by atoms with Crippen LogP contribution >= 0.6 is 0 Å². The summed E-state index contributed by atoms with van der Waals surface area (Å²) in [6.45, 7) is 3.48. The molecular formula is C27H25N3O5S. The third-order valence-electron chi connectivity index (χ3n) is 6.53. The lowest BCUT2D eigenvalue weighted by Crippen LogP contribution is -2.36. The molecule has 4 aromatic rings. The number of hydrogen-bond acceptors (Lipinski definition) is 5. The largest absolute Gasteiger partial charge is 0.333 e. The average molecular weight is 504 g/mol. The minimum absolute atomic E-state index is 0.0109. The van der Waals surface area contributed by atoms with E-state index in [1.165, 1.54) is 23.4 Å². The smallest absolute Gasteiger partial charge is 0.306 e. The van der Waals surface area contributed by atoms with E-state index < -0.39 is 21.3 Å². The van der Waals surface area contributed by atoms with Gasteiger partial charge in [0.15, 0.2) is 0 Å². The number of aryl methyl sites for hydroxylation is 2. The molecule has 0 bridgehead atoms. The third kappa shape index (κ3) is 3.95. The molecule has 0 saturated carbocycles. The number of carbonyl (C=O) groups is 1. The Bertz CT molecular complexity index is 1750. The van der Waals surface area contributed by atoms with Crippen LogP contribution in [-0.4, -0.2) is 30.3 Å². The second-order valence-electron chi connectivity index (χ2n) is 9.05. The number of nitrogens with one attached hydrogen (secondary N) is 1. The van der Waals surface area contributed by atoms with Crippen molar-refractivity contribution in [3.05, 3.63) is 98.2 Å². The first kappa shape index (κ1) is 23.7. The average Bonchev–Trinajstić information content (AvgIpc) is 2.84.